The molecule has 118 valence electrons. The molecule has 0 aromatic carbocycles. The van der Waals surface area contributed by atoms with Crippen LogP contribution < -0.4 is 5.73 Å². The Morgan fingerprint density at radius 1 is 1.05 bits per heavy atom. The van der Waals surface area contributed by atoms with E-state index in [0.717, 1.165) is 31.1 Å². The van der Waals surface area contributed by atoms with Gasteiger partial charge in [0, 0.05) is 12.5 Å². The maximum absolute atomic E-state index is 10.4. The van der Waals surface area contributed by atoms with Crippen LogP contribution in [0.4, 0.5) is 0 Å². The first-order chi connectivity index (χ1) is 9.65. The number of carboxylic acid groups (broad SMARTS) is 1. The van der Waals surface area contributed by atoms with Gasteiger partial charge in [-0.15, -0.1) is 0 Å². The molecule has 1 aliphatic carbocycles. The Bertz CT molecular complexity index is 268. The number of carboxylic acids is 1. The fourth-order valence-corrected chi connectivity index (χ4v) is 3.66. The monoisotopic (exact) mass is 283 g/mol. The van der Waals surface area contributed by atoms with Gasteiger partial charge < -0.3 is 10.8 Å². The lowest BCUT2D eigenvalue weighted by atomic mass is 9.85. The van der Waals surface area contributed by atoms with Gasteiger partial charge in [-0.1, -0.05) is 51.9 Å². The highest BCUT2D eigenvalue weighted by atomic mass is 16.4. The lowest BCUT2D eigenvalue weighted by Gasteiger charge is -2.22. The van der Waals surface area contributed by atoms with Gasteiger partial charge in [0.1, 0.15) is 0 Å². The van der Waals surface area contributed by atoms with Crippen molar-refractivity contribution in [2.45, 2.75) is 90.0 Å². The van der Waals surface area contributed by atoms with Gasteiger partial charge >= 0.3 is 5.97 Å². The molecule has 0 amide bonds. The van der Waals surface area contributed by atoms with Gasteiger partial charge in [-0.2, -0.15) is 0 Å². The van der Waals surface area contributed by atoms with Gasteiger partial charge in [-0.05, 0) is 37.5 Å². The zero-order valence-electron chi connectivity index (χ0n) is 13.2. The molecule has 20 heavy (non-hydrogen) atoms. The summed E-state index contributed by atoms with van der Waals surface area (Å²) < 4.78 is 0. The zero-order chi connectivity index (χ0) is 14.8. The van der Waals surface area contributed by atoms with Crippen molar-refractivity contribution in [3.05, 3.63) is 0 Å². The van der Waals surface area contributed by atoms with E-state index >= 15 is 0 Å². The Morgan fingerprint density at radius 2 is 1.75 bits per heavy atom. The third-order valence-electron chi connectivity index (χ3n) is 4.88. The quantitative estimate of drug-likeness (QED) is 0.554. The molecule has 0 saturated heterocycles. The highest BCUT2D eigenvalue weighted by Gasteiger charge is 2.32. The van der Waals surface area contributed by atoms with E-state index in [0.29, 0.717) is 12.5 Å². The van der Waals surface area contributed by atoms with E-state index in [1.807, 2.05) is 0 Å². The first kappa shape index (κ1) is 17.5. The maximum atomic E-state index is 10.4. The normalized spacial score (nSPS) is 26.0. The molecule has 1 rings (SSSR count). The highest BCUT2D eigenvalue weighted by molar-refractivity contribution is 5.66. The predicted molar refractivity (Wildman–Crippen MR) is 83.7 cm³/mol. The molecule has 3 atom stereocenters. The molecule has 3 heteroatoms. The summed E-state index contributed by atoms with van der Waals surface area (Å²) in [6.07, 6.45) is 13.8. The lowest BCUT2D eigenvalue weighted by molar-refractivity contribution is -0.137. The molecule has 0 aromatic heterocycles. The van der Waals surface area contributed by atoms with Crippen LogP contribution in [0, 0.1) is 11.8 Å². The van der Waals surface area contributed by atoms with Crippen LogP contribution in [-0.2, 0) is 4.79 Å². The Kier molecular flexibility index (Phi) is 8.92. The summed E-state index contributed by atoms with van der Waals surface area (Å²) >= 11 is 0. The second-order valence-corrected chi connectivity index (χ2v) is 6.51. The Morgan fingerprint density at radius 3 is 2.45 bits per heavy atom. The van der Waals surface area contributed by atoms with Gasteiger partial charge in [0.2, 0.25) is 0 Å². The van der Waals surface area contributed by atoms with Crippen molar-refractivity contribution in [3.63, 3.8) is 0 Å². The van der Waals surface area contributed by atoms with Gasteiger partial charge in [-0.25, -0.2) is 0 Å². The number of aliphatic carboxylic acids is 1. The van der Waals surface area contributed by atoms with Crippen LogP contribution in [-0.4, -0.2) is 17.1 Å². The summed E-state index contributed by atoms with van der Waals surface area (Å²) in [6.45, 7) is 2.26. The van der Waals surface area contributed by atoms with E-state index in [9.17, 15) is 4.79 Å². The van der Waals surface area contributed by atoms with Crippen molar-refractivity contribution >= 4 is 5.97 Å². The molecule has 0 radical (unpaired) electrons. The molecule has 0 aromatic rings. The molecule has 3 nitrogen and oxygen atoms in total. The summed E-state index contributed by atoms with van der Waals surface area (Å²) in [7, 11) is 0. The third kappa shape index (κ3) is 6.74. The Balaban J connectivity index is 2.13. The van der Waals surface area contributed by atoms with Crippen molar-refractivity contribution in [2.24, 2.45) is 17.6 Å². The first-order valence-corrected chi connectivity index (χ1v) is 8.62. The molecule has 1 aliphatic rings. The molecule has 0 bridgehead atoms. The summed E-state index contributed by atoms with van der Waals surface area (Å²) in [4.78, 5) is 10.4. The van der Waals surface area contributed by atoms with E-state index in [2.05, 4.69) is 6.92 Å². The van der Waals surface area contributed by atoms with E-state index in [-0.39, 0.29) is 0 Å². The predicted octanol–water partition coefficient (Wildman–Crippen LogP) is 4.35. The lowest BCUT2D eigenvalue weighted by Crippen LogP contribution is -2.27. The summed E-state index contributed by atoms with van der Waals surface area (Å²) in [5, 5.41) is 8.60. The van der Waals surface area contributed by atoms with Crippen LogP contribution in [0.5, 0.6) is 0 Å². The van der Waals surface area contributed by atoms with Crippen LogP contribution in [0.15, 0.2) is 0 Å². The number of nitrogens with two attached hydrogens (primary N) is 1. The second-order valence-electron chi connectivity index (χ2n) is 6.51. The third-order valence-corrected chi connectivity index (χ3v) is 4.88. The Hall–Kier alpha value is -0.570. The molecule has 0 spiro atoms. The number of carbonyl (C=O) groups is 1. The molecule has 0 aliphatic heterocycles. The number of unbranched alkanes of at least 4 members (excludes halogenated alkanes) is 5. The number of hydrogen-bond acceptors (Lipinski definition) is 2. The van der Waals surface area contributed by atoms with Crippen molar-refractivity contribution in [3.8, 4) is 0 Å². The minimum absolute atomic E-state index is 0.322. The first-order valence-electron chi connectivity index (χ1n) is 8.62. The maximum Gasteiger partial charge on any atom is 0.303 e. The van der Waals surface area contributed by atoms with Crippen LogP contribution in [0.25, 0.3) is 0 Å². The van der Waals surface area contributed by atoms with Crippen molar-refractivity contribution < 1.29 is 9.90 Å². The zero-order valence-corrected chi connectivity index (χ0v) is 13.2. The molecule has 1 saturated carbocycles. The average Bonchev–Trinajstić information content (AvgIpc) is 2.75. The minimum atomic E-state index is -0.668. The second kappa shape index (κ2) is 10.2. The number of hydrogen-bond donors (Lipinski definition) is 2. The molecule has 3 N–H and O–H groups in total. The standard InChI is InChI=1S/C17H33NO2/c1-2-3-6-9-14-12-13-16(18)15(14)10-7-4-5-8-11-17(19)20/h14-16H,2-13,18H2,1H3,(H,19,20). The largest absolute Gasteiger partial charge is 0.481 e. The van der Waals surface area contributed by atoms with Crippen LogP contribution >= 0.6 is 0 Å². The minimum Gasteiger partial charge on any atom is -0.481 e. The van der Waals surface area contributed by atoms with Gasteiger partial charge in [0.05, 0.1) is 0 Å². The van der Waals surface area contributed by atoms with E-state index in [1.54, 1.807) is 0 Å². The van der Waals surface area contributed by atoms with Gasteiger partial charge in [-0.3, -0.25) is 4.79 Å². The van der Waals surface area contributed by atoms with Crippen molar-refractivity contribution in [1.29, 1.82) is 0 Å². The SMILES string of the molecule is CCCCCC1CCC(N)C1CCCCCCC(=O)O. The molecule has 1 fully saturated rings. The highest BCUT2D eigenvalue weighted by Crippen LogP contribution is 2.37. The summed E-state index contributed by atoms with van der Waals surface area (Å²) in [5.74, 6) is 0.917. The molecule has 3 unspecified atom stereocenters. The average molecular weight is 283 g/mol. The molecular formula is C17H33NO2. The fourth-order valence-electron chi connectivity index (χ4n) is 3.66. The van der Waals surface area contributed by atoms with E-state index < -0.39 is 5.97 Å². The van der Waals surface area contributed by atoms with Gasteiger partial charge in [0.15, 0.2) is 0 Å². The van der Waals surface area contributed by atoms with E-state index in [4.69, 9.17) is 10.8 Å². The summed E-state index contributed by atoms with van der Waals surface area (Å²) in [5.41, 5.74) is 6.28. The molecular weight excluding hydrogens is 250 g/mol. The topological polar surface area (TPSA) is 63.3 Å². The van der Waals surface area contributed by atoms with Crippen LogP contribution in [0.2, 0.25) is 0 Å². The Labute approximate surface area is 124 Å². The smallest absolute Gasteiger partial charge is 0.303 e. The summed E-state index contributed by atoms with van der Waals surface area (Å²) in [6, 6.07) is 0.417. The van der Waals surface area contributed by atoms with Crippen LogP contribution in [0.1, 0.15) is 84.0 Å². The van der Waals surface area contributed by atoms with Gasteiger partial charge in [0.25, 0.3) is 0 Å². The molecule has 0 heterocycles. The fraction of sp³-hybridized carbons (Fsp3) is 0.941. The van der Waals surface area contributed by atoms with E-state index in [1.165, 1.54) is 51.4 Å². The number of rotatable bonds is 11. The van der Waals surface area contributed by atoms with Crippen molar-refractivity contribution in [1.82, 2.24) is 0 Å². The van der Waals surface area contributed by atoms with Crippen LogP contribution in [0.3, 0.4) is 0 Å². The van der Waals surface area contributed by atoms with Crippen molar-refractivity contribution in [2.75, 3.05) is 0 Å².